The number of ether oxygens (including phenoxy) is 1. The van der Waals surface area contributed by atoms with Gasteiger partial charge in [0.2, 0.25) is 0 Å². The standard InChI is InChI=1S/C12H17ClN2O2/c1-9(8-15(2)3)17-12(16)14-11-6-4-10(13)5-7-11/h4-7,9H,8H2,1-3H3,(H,14,16)/t9-/m1/s1. The Labute approximate surface area is 107 Å². The van der Waals surface area contributed by atoms with E-state index < -0.39 is 6.09 Å². The van der Waals surface area contributed by atoms with Gasteiger partial charge in [-0.3, -0.25) is 5.32 Å². The first-order chi connectivity index (χ1) is 7.97. The smallest absolute Gasteiger partial charge is 0.411 e. The maximum Gasteiger partial charge on any atom is 0.411 e. The third-order valence-electron chi connectivity index (χ3n) is 2.02. The number of hydrogen-bond donors (Lipinski definition) is 1. The fraction of sp³-hybridized carbons (Fsp3) is 0.417. The van der Waals surface area contributed by atoms with Crippen LogP contribution in [0, 0.1) is 0 Å². The van der Waals surface area contributed by atoms with Gasteiger partial charge in [-0.25, -0.2) is 4.79 Å². The Bertz CT molecular complexity index is 365. The molecule has 0 saturated heterocycles. The zero-order valence-electron chi connectivity index (χ0n) is 10.2. The molecule has 0 radical (unpaired) electrons. The van der Waals surface area contributed by atoms with E-state index in [1.165, 1.54) is 0 Å². The van der Waals surface area contributed by atoms with Crippen LogP contribution in [0.25, 0.3) is 0 Å². The Morgan fingerprint density at radius 2 is 2.00 bits per heavy atom. The zero-order chi connectivity index (χ0) is 12.8. The highest BCUT2D eigenvalue weighted by Crippen LogP contribution is 2.13. The first kappa shape index (κ1) is 13.8. The lowest BCUT2D eigenvalue weighted by Crippen LogP contribution is -2.29. The summed E-state index contributed by atoms with van der Waals surface area (Å²) in [4.78, 5) is 13.5. The number of nitrogens with one attached hydrogen (secondary N) is 1. The summed E-state index contributed by atoms with van der Waals surface area (Å²) in [6.07, 6.45) is -0.612. The minimum absolute atomic E-state index is 0.155. The molecule has 1 aromatic carbocycles. The second kappa shape index (κ2) is 6.47. The summed E-state index contributed by atoms with van der Waals surface area (Å²) in [5.41, 5.74) is 0.663. The van der Waals surface area contributed by atoms with E-state index in [2.05, 4.69) is 5.32 Å². The van der Waals surface area contributed by atoms with Crippen molar-refractivity contribution < 1.29 is 9.53 Å². The van der Waals surface area contributed by atoms with E-state index in [4.69, 9.17) is 16.3 Å². The molecule has 0 aliphatic carbocycles. The third-order valence-corrected chi connectivity index (χ3v) is 2.27. The lowest BCUT2D eigenvalue weighted by Gasteiger charge is -2.17. The Morgan fingerprint density at radius 1 is 1.41 bits per heavy atom. The molecule has 1 rings (SSSR count). The van der Waals surface area contributed by atoms with Crippen LogP contribution in [-0.4, -0.2) is 37.7 Å². The minimum atomic E-state index is -0.457. The van der Waals surface area contributed by atoms with E-state index in [0.717, 1.165) is 0 Å². The van der Waals surface area contributed by atoms with Crippen molar-refractivity contribution in [2.45, 2.75) is 13.0 Å². The van der Waals surface area contributed by atoms with Crippen molar-refractivity contribution in [1.29, 1.82) is 0 Å². The highest BCUT2D eigenvalue weighted by molar-refractivity contribution is 6.30. The van der Waals surface area contributed by atoms with Crippen LogP contribution >= 0.6 is 11.6 Å². The largest absolute Gasteiger partial charge is 0.445 e. The number of hydrogen-bond acceptors (Lipinski definition) is 3. The second-order valence-electron chi connectivity index (χ2n) is 4.11. The van der Waals surface area contributed by atoms with Gasteiger partial charge >= 0.3 is 6.09 Å². The fourth-order valence-corrected chi connectivity index (χ4v) is 1.54. The molecule has 0 heterocycles. The summed E-state index contributed by atoms with van der Waals surface area (Å²) in [7, 11) is 3.86. The van der Waals surface area contributed by atoms with Gasteiger partial charge < -0.3 is 9.64 Å². The van der Waals surface area contributed by atoms with Crippen LogP contribution in [-0.2, 0) is 4.74 Å². The van der Waals surface area contributed by atoms with Gasteiger partial charge in [-0.1, -0.05) is 11.6 Å². The number of nitrogens with zero attached hydrogens (tertiary/aromatic N) is 1. The van der Waals surface area contributed by atoms with Gasteiger partial charge in [-0.05, 0) is 45.3 Å². The number of halogens is 1. The molecule has 4 nitrogen and oxygen atoms in total. The molecule has 0 spiro atoms. The Balaban J connectivity index is 2.41. The molecule has 17 heavy (non-hydrogen) atoms. The average Bonchev–Trinajstić information content (AvgIpc) is 2.19. The van der Waals surface area contributed by atoms with Crippen molar-refractivity contribution in [1.82, 2.24) is 4.90 Å². The van der Waals surface area contributed by atoms with Gasteiger partial charge in [0.05, 0.1) is 0 Å². The average molecular weight is 257 g/mol. The first-order valence-corrected chi connectivity index (χ1v) is 5.73. The summed E-state index contributed by atoms with van der Waals surface area (Å²) >= 11 is 5.74. The van der Waals surface area contributed by atoms with Crippen LogP contribution in [0.15, 0.2) is 24.3 Å². The zero-order valence-corrected chi connectivity index (χ0v) is 11.0. The van der Waals surface area contributed by atoms with Gasteiger partial charge in [-0.2, -0.15) is 0 Å². The van der Waals surface area contributed by atoms with Crippen molar-refractivity contribution >= 4 is 23.4 Å². The molecule has 0 aromatic heterocycles. The lowest BCUT2D eigenvalue weighted by atomic mass is 10.3. The van der Waals surface area contributed by atoms with Gasteiger partial charge in [0, 0.05) is 17.3 Å². The molecule has 1 amide bonds. The number of anilines is 1. The van der Waals surface area contributed by atoms with E-state index in [0.29, 0.717) is 17.3 Å². The summed E-state index contributed by atoms with van der Waals surface area (Å²) in [6, 6.07) is 6.86. The number of likely N-dealkylation sites (N-methyl/N-ethyl adjacent to an activating group) is 1. The fourth-order valence-electron chi connectivity index (χ4n) is 1.41. The quantitative estimate of drug-likeness (QED) is 0.901. The summed E-state index contributed by atoms with van der Waals surface area (Å²) in [5.74, 6) is 0. The highest BCUT2D eigenvalue weighted by Gasteiger charge is 2.10. The molecule has 0 saturated carbocycles. The van der Waals surface area contributed by atoms with Crippen LogP contribution in [0.4, 0.5) is 10.5 Å². The molecule has 1 N–H and O–H groups in total. The summed E-state index contributed by atoms with van der Waals surface area (Å²) in [6.45, 7) is 2.54. The molecule has 0 aliphatic rings. The molecular formula is C12H17ClN2O2. The maximum atomic E-state index is 11.5. The number of benzene rings is 1. The molecule has 1 aromatic rings. The summed E-state index contributed by atoms with van der Waals surface area (Å²) in [5, 5.41) is 3.26. The van der Waals surface area contributed by atoms with Gasteiger partial charge in [-0.15, -0.1) is 0 Å². The topological polar surface area (TPSA) is 41.6 Å². The molecule has 0 unspecified atom stereocenters. The van der Waals surface area contributed by atoms with Gasteiger partial charge in [0.25, 0.3) is 0 Å². The molecule has 0 fully saturated rings. The van der Waals surface area contributed by atoms with E-state index in [-0.39, 0.29) is 6.10 Å². The van der Waals surface area contributed by atoms with Crippen LogP contribution in [0.3, 0.4) is 0 Å². The van der Waals surface area contributed by atoms with Crippen molar-refractivity contribution in [2.75, 3.05) is 26.0 Å². The molecule has 5 heteroatoms. The Morgan fingerprint density at radius 3 is 2.53 bits per heavy atom. The van der Waals surface area contributed by atoms with E-state index in [9.17, 15) is 4.79 Å². The number of carbonyl (C=O) groups excluding carboxylic acids is 1. The molecule has 94 valence electrons. The minimum Gasteiger partial charge on any atom is -0.445 e. The monoisotopic (exact) mass is 256 g/mol. The van der Waals surface area contributed by atoms with Crippen LogP contribution in [0.2, 0.25) is 5.02 Å². The van der Waals surface area contributed by atoms with Crippen LogP contribution < -0.4 is 5.32 Å². The maximum absolute atomic E-state index is 11.5. The van der Waals surface area contributed by atoms with Crippen molar-refractivity contribution in [2.24, 2.45) is 0 Å². The van der Waals surface area contributed by atoms with Gasteiger partial charge in [0.15, 0.2) is 0 Å². The molecular weight excluding hydrogens is 240 g/mol. The Hall–Kier alpha value is -1.26. The van der Waals surface area contributed by atoms with Crippen LogP contribution in [0.5, 0.6) is 0 Å². The lowest BCUT2D eigenvalue weighted by molar-refractivity contribution is 0.103. The number of amides is 1. The number of carbonyl (C=O) groups is 1. The van der Waals surface area contributed by atoms with E-state index in [1.807, 2.05) is 25.9 Å². The van der Waals surface area contributed by atoms with Crippen LogP contribution in [0.1, 0.15) is 6.92 Å². The van der Waals surface area contributed by atoms with E-state index in [1.54, 1.807) is 24.3 Å². The predicted octanol–water partition coefficient (Wildman–Crippen LogP) is 2.84. The molecule has 1 atom stereocenters. The second-order valence-corrected chi connectivity index (χ2v) is 4.55. The van der Waals surface area contributed by atoms with Crippen molar-refractivity contribution in [3.8, 4) is 0 Å². The van der Waals surface area contributed by atoms with Crippen molar-refractivity contribution in [3.05, 3.63) is 29.3 Å². The number of rotatable bonds is 4. The highest BCUT2D eigenvalue weighted by atomic mass is 35.5. The molecule has 0 aliphatic heterocycles. The van der Waals surface area contributed by atoms with E-state index >= 15 is 0 Å². The SMILES string of the molecule is C[C@H](CN(C)C)OC(=O)Nc1ccc(Cl)cc1. The van der Waals surface area contributed by atoms with Gasteiger partial charge in [0.1, 0.15) is 6.10 Å². The third kappa shape index (κ3) is 5.56. The normalized spacial score (nSPS) is 12.3. The molecule has 0 bridgehead atoms. The predicted molar refractivity (Wildman–Crippen MR) is 69.6 cm³/mol. The summed E-state index contributed by atoms with van der Waals surface area (Å²) < 4.78 is 5.17. The first-order valence-electron chi connectivity index (χ1n) is 5.35. The Kier molecular flexibility index (Phi) is 5.25. The van der Waals surface area contributed by atoms with Crippen molar-refractivity contribution in [3.63, 3.8) is 0 Å².